The number of halogens is 3. The number of benzene rings is 1. The molecule has 0 aromatic heterocycles. The molecule has 0 spiro atoms. The van der Waals surface area contributed by atoms with Crippen LogP contribution >= 0.6 is 15.9 Å². The van der Waals surface area contributed by atoms with E-state index in [1.54, 1.807) is 0 Å². The van der Waals surface area contributed by atoms with Gasteiger partial charge in [-0.2, -0.15) is 0 Å². The van der Waals surface area contributed by atoms with E-state index in [1.165, 1.54) is 4.90 Å². The van der Waals surface area contributed by atoms with Crippen LogP contribution in [0.25, 0.3) is 0 Å². The summed E-state index contributed by atoms with van der Waals surface area (Å²) in [5.41, 5.74) is -0.322. The number of ketones is 1. The first kappa shape index (κ1) is 12.7. The fourth-order valence-corrected chi connectivity index (χ4v) is 3.08. The lowest BCUT2D eigenvalue weighted by molar-refractivity contribution is -0.114. The van der Waals surface area contributed by atoms with Gasteiger partial charge in [0.1, 0.15) is 11.6 Å². The normalized spacial score (nSPS) is 19.8. The third kappa shape index (κ3) is 1.89. The summed E-state index contributed by atoms with van der Waals surface area (Å²) in [5, 5.41) is 0.700. The number of fused-ring (bicyclic) bond motifs is 1. The second-order valence-electron chi connectivity index (χ2n) is 5.14. The van der Waals surface area contributed by atoms with Crippen LogP contribution in [-0.2, 0) is 4.79 Å². The van der Waals surface area contributed by atoms with Gasteiger partial charge in [0.25, 0.3) is 11.7 Å². The van der Waals surface area contributed by atoms with E-state index in [2.05, 4.69) is 15.9 Å². The van der Waals surface area contributed by atoms with Gasteiger partial charge < -0.3 is 4.90 Å². The van der Waals surface area contributed by atoms with Crippen LogP contribution in [0, 0.1) is 17.0 Å². The molecule has 0 saturated heterocycles. The lowest BCUT2D eigenvalue weighted by Crippen LogP contribution is -2.35. The van der Waals surface area contributed by atoms with Crippen molar-refractivity contribution in [3.05, 3.63) is 29.3 Å². The average molecular weight is 330 g/mol. The molecule has 1 aliphatic carbocycles. The lowest BCUT2D eigenvalue weighted by atomic mass is 10.1. The summed E-state index contributed by atoms with van der Waals surface area (Å²) in [6, 6.07) is 1.68. The molecule has 2 aliphatic rings. The van der Waals surface area contributed by atoms with E-state index in [1.807, 2.05) is 0 Å². The topological polar surface area (TPSA) is 37.4 Å². The molecule has 1 aromatic rings. The molecule has 3 nitrogen and oxygen atoms in total. The number of anilines is 1. The summed E-state index contributed by atoms with van der Waals surface area (Å²) in [6.07, 6.45) is 1.87. The number of rotatable bonds is 3. The quantitative estimate of drug-likeness (QED) is 0.631. The molecule has 6 heteroatoms. The van der Waals surface area contributed by atoms with Crippen LogP contribution in [0.3, 0.4) is 0 Å². The fourth-order valence-electron chi connectivity index (χ4n) is 2.34. The third-order valence-electron chi connectivity index (χ3n) is 3.73. The zero-order chi connectivity index (χ0) is 13.8. The number of carbonyl (C=O) groups is 2. The lowest BCUT2D eigenvalue weighted by Gasteiger charge is -2.22. The van der Waals surface area contributed by atoms with E-state index in [4.69, 9.17) is 0 Å². The molecule has 1 heterocycles. The van der Waals surface area contributed by atoms with Crippen LogP contribution in [0.2, 0.25) is 0 Å². The van der Waals surface area contributed by atoms with E-state index in [0.29, 0.717) is 17.9 Å². The molecule has 100 valence electrons. The Labute approximate surface area is 116 Å². The summed E-state index contributed by atoms with van der Waals surface area (Å²) in [4.78, 5) is 24.9. The average Bonchev–Trinajstić information content (AvgIpc) is 3.09. The number of carbonyl (C=O) groups excluding carboxylic acids is 2. The van der Waals surface area contributed by atoms with Crippen LogP contribution < -0.4 is 4.90 Å². The summed E-state index contributed by atoms with van der Waals surface area (Å²) in [6.45, 7) is 0.318. The second-order valence-corrected chi connectivity index (χ2v) is 5.70. The monoisotopic (exact) mass is 329 g/mol. The third-order valence-corrected chi connectivity index (χ3v) is 4.92. The highest BCUT2D eigenvalue weighted by Gasteiger charge is 2.48. The maximum absolute atomic E-state index is 13.6. The number of alkyl halides is 1. The maximum atomic E-state index is 13.6. The first-order chi connectivity index (χ1) is 8.97. The van der Waals surface area contributed by atoms with Crippen molar-refractivity contribution in [3.8, 4) is 0 Å². The molecule has 0 bridgehead atoms. The van der Waals surface area contributed by atoms with Gasteiger partial charge in [0.2, 0.25) is 0 Å². The van der Waals surface area contributed by atoms with Crippen LogP contribution in [0.15, 0.2) is 12.1 Å². The molecule has 19 heavy (non-hydrogen) atoms. The molecular formula is C13H10BrF2NO2. The SMILES string of the molecule is O=C1C(=O)N(CC2(CBr)CC2)c2cc(F)cc(F)c21. The largest absolute Gasteiger partial charge is 0.304 e. The first-order valence-corrected chi connectivity index (χ1v) is 7.01. The minimum absolute atomic E-state index is 0.0553. The number of hydrogen-bond acceptors (Lipinski definition) is 2. The predicted molar refractivity (Wildman–Crippen MR) is 68.5 cm³/mol. The first-order valence-electron chi connectivity index (χ1n) is 5.89. The second kappa shape index (κ2) is 4.10. The van der Waals surface area contributed by atoms with Gasteiger partial charge in [-0.3, -0.25) is 9.59 Å². The van der Waals surface area contributed by atoms with E-state index in [0.717, 1.165) is 18.9 Å². The highest BCUT2D eigenvalue weighted by Crippen LogP contribution is 2.49. The Bertz CT molecular complexity index is 599. The van der Waals surface area contributed by atoms with Gasteiger partial charge in [-0.05, 0) is 24.3 Å². The Morgan fingerprint density at radius 3 is 2.53 bits per heavy atom. The minimum atomic E-state index is -0.973. The summed E-state index contributed by atoms with van der Waals surface area (Å²) >= 11 is 3.37. The van der Waals surface area contributed by atoms with E-state index in [-0.39, 0.29) is 16.7 Å². The molecule has 0 radical (unpaired) electrons. The Kier molecular flexibility index (Phi) is 2.74. The van der Waals surface area contributed by atoms with E-state index in [9.17, 15) is 18.4 Å². The standard InChI is InChI=1S/C13H10BrF2NO2/c14-5-13(1-2-13)6-17-9-4-7(15)3-8(16)10(9)11(18)12(17)19/h3-4H,1-2,5-6H2. The zero-order valence-electron chi connectivity index (χ0n) is 9.88. The number of nitrogens with zero attached hydrogens (tertiary/aromatic N) is 1. The highest BCUT2D eigenvalue weighted by atomic mass is 79.9. The van der Waals surface area contributed by atoms with Crippen molar-refractivity contribution < 1.29 is 18.4 Å². The van der Waals surface area contributed by atoms with E-state index < -0.39 is 23.3 Å². The number of hydrogen-bond donors (Lipinski definition) is 0. The van der Waals surface area contributed by atoms with Crippen molar-refractivity contribution in [3.63, 3.8) is 0 Å². The van der Waals surface area contributed by atoms with Crippen LogP contribution in [0.4, 0.5) is 14.5 Å². The molecule has 1 aromatic carbocycles. The molecule has 3 rings (SSSR count). The summed E-state index contributed by atoms with van der Waals surface area (Å²) in [5.74, 6) is -3.42. The van der Waals surface area contributed by atoms with Gasteiger partial charge in [0.05, 0.1) is 11.3 Å². The smallest absolute Gasteiger partial charge is 0.299 e. The Morgan fingerprint density at radius 2 is 1.95 bits per heavy atom. The van der Waals surface area contributed by atoms with Crippen molar-refractivity contribution in [2.24, 2.45) is 5.41 Å². The van der Waals surface area contributed by atoms with Gasteiger partial charge in [-0.25, -0.2) is 8.78 Å². The molecule has 1 aliphatic heterocycles. The number of amides is 1. The van der Waals surface area contributed by atoms with Crippen LogP contribution in [0.1, 0.15) is 23.2 Å². The van der Waals surface area contributed by atoms with Gasteiger partial charge in [-0.1, -0.05) is 15.9 Å². The maximum Gasteiger partial charge on any atom is 0.299 e. The van der Waals surface area contributed by atoms with Gasteiger partial charge >= 0.3 is 0 Å². The Balaban J connectivity index is 2.04. The van der Waals surface area contributed by atoms with Gasteiger partial charge in [-0.15, -0.1) is 0 Å². The van der Waals surface area contributed by atoms with Crippen molar-refractivity contribution in [1.82, 2.24) is 0 Å². The predicted octanol–water partition coefficient (Wildman–Crippen LogP) is 2.67. The summed E-state index contributed by atoms with van der Waals surface area (Å²) < 4.78 is 26.9. The molecule has 1 amide bonds. The van der Waals surface area contributed by atoms with Crippen molar-refractivity contribution in [2.75, 3.05) is 16.8 Å². The minimum Gasteiger partial charge on any atom is -0.304 e. The number of Topliss-reactive ketones (excluding diaryl/α,β-unsaturated/α-hetero) is 1. The highest BCUT2D eigenvalue weighted by molar-refractivity contribution is 9.09. The molecule has 0 unspecified atom stereocenters. The Morgan fingerprint density at radius 1 is 1.26 bits per heavy atom. The van der Waals surface area contributed by atoms with Crippen LogP contribution in [-0.4, -0.2) is 23.6 Å². The fraction of sp³-hybridized carbons (Fsp3) is 0.385. The Hall–Kier alpha value is -1.30. The zero-order valence-corrected chi connectivity index (χ0v) is 11.5. The molecule has 0 N–H and O–H groups in total. The molecule has 1 fully saturated rings. The van der Waals surface area contributed by atoms with Crippen molar-refractivity contribution in [2.45, 2.75) is 12.8 Å². The molecular weight excluding hydrogens is 320 g/mol. The van der Waals surface area contributed by atoms with Gasteiger partial charge in [0, 0.05) is 17.9 Å². The molecule has 0 atom stereocenters. The van der Waals surface area contributed by atoms with Crippen molar-refractivity contribution in [1.29, 1.82) is 0 Å². The van der Waals surface area contributed by atoms with E-state index >= 15 is 0 Å². The van der Waals surface area contributed by atoms with Crippen molar-refractivity contribution >= 4 is 33.3 Å². The van der Waals surface area contributed by atoms with Crippen LogP contribution in [0.5, 0.6) is 0 Å². The molecule has 1 saturated carbocycles. The van der Waals surface area contributed by atoms with Gasteiger partial charge in [0.15, 0.2) is 0 Å². The summed E-state index contributed by atoms with van der Waals surface area (Å²) in [7, 11) is 0.